The Morgan fingerprint density at radius 3 is 2.71 bits per heavy atom. The minimum Gasteiger partial charge on any atom is -0.316 e. The first kappa shape index (κ1) is 9.86. The first-order chi connectivity index (χ1) is 8.31. The summed E-state index contributed by atoms with van der Waals surface area (Å²) in [4.78, 5) is 4.41. The fourth-order valence-corrected chi connectivity index (χ4v) is 3.46. The van der Waals surface area contributed by atoms with Crippen molar-refractivity contribution in [3.63, 3.8) is 0 Å². The highest BCUT2D eigenvalue weighted by molar-refractivity contribution is 6.29. The number of aromatic nitrogens is 1. The number of nitrogens with one attached hydrogen (secondary N) is 1. The van der Waals surface area contributed by atoms with Crippen LogP contribution in [0.3, 0.4) is 0 Å². The van der Waals surface area contributed by atoms with Gasteiger partial charge in [-0.05, 0) is 53.6 Å². The highest BCUT2D eigenvalue weighted by atomic mass is 35.5. The standard InChI is InChI=1S/C14H13ClN2/c15-14-2-1-8-4-11-9-3-10(7-16-6-9)12(11)5-13(8)17-14/h1-2,4-5,9-10,16H,3,6-7H2. The van der Waals surface area contributed by atoms with Crippen molar-refractivity contribution >= 4 is 22.5 Å². The fourth-order valence-electron chi connectivity index (χ4n) is 3.30. The van der Waals surface area contributed by atoms with E-state index in [9.17, 15) is 0 Å². The minimum atomic E-state index is 0.580. The molecule has 1 aliphatic carbocycles. The third kappa shape index (κ3) is 1.41. The van der Waals surface area contributed by atoms with Gasteiger partial charge in [-0.25, -0.2) is 4.98 Å². The van der Waals surface area contributed by atoms with Gasteiger partial charge < -0.3 is 5.32 Å². The number of hydrogen-bond acceptors (Lipinski definition) is 2. The quantitative estimate of drug-likeness (QED) is 0.721. The summed E-state index contributed by atoms with van der Waals surface area (Å²) < 4.78 is 0. The Bertz CT molecular complexity index is 608. The van der Waals surface area contributed by atoms with Gasteiger partial charge in [0.25, 0.3) is 0 Å². The SMILES string of the molecule is Clc1ccc2cc3c(cc2n1)C1CNCC3C1. The van der Waals surface area contributed by atoms with Crippen LogP contribution in [-0.2, 0) is 0 Å². The summed E-state index contributed by atoms with van der Waals surface area (Å²) in [6.07, 6.45) is 1.30. The normalized spacial score (nSPS) is 26.2. The summed E-state index contributed by atoms with van der Waals surface area (Å²) in [6.45, 7) is 2.23. The number of hydrogen-bond donors (Lipinski definition) is 1. The van der Waals surface area contributed by atoms with Crippen molar-refractivity contribution in [2.75, 3.05) is 13.1 Å². The molecule has 2 unspecified atom stereocenters. The van der Waals surface area contributed by atoms with Gasteiger partial charge in [-0.15, -0.1) is 0 Å². The zero-order valence-electron chi connectivity index (χ0n) is 9.41. The molecule has 3 heteroatoms. The fraction of sp³-hybridized carbons (Fsp3) is 0.357. The Hall–Kier alpha value is -1.12. The average molecular weight is 245 g/mol. The van der Waals surface area contributed by atoms with E-state index >= 15 is 0 Å². The second kappa shape index (κ2) is 3.44. The van der Waals surface area contributed by atoms with Gasteiger partial charge in [0, 0.05) is 18.5 Å². The topological polar surface area (TPSA) is 24.9 Å². The number of benzene rings is 1. The lowest BCUT2D eigenvalue weighted by Crippen LogP contribution is -2.28. The second-order valence-electron chi connectivity index (χ2n) is 5.10. The predicted octanol–water partition coefficient (Wildman–Crippen LogP) is 3.06. The third-order valence-electron chi connectivity index (χ3n) is 4.09. The maximum atomic E-state index is 5.96. The van der Waals surface area contributed by atoms with Crippen LogP contribution in [0.25, 0.3) is 10.9 Å². The molecule has 1 aliphatic heterocycles. The number of fused-ring (bicyclic) bond motifs is 6. The van der Waals surface area contributed by atoms with Gasteiger partial charge in [0.1, 0.15) is 5.15 Å². The molecule has 2 aromatic rings. The molecular formula is C14H13ClN2. The van der Waals surface area contributed by atoms with Crippen LogP contribution in [0.4, 0.5) is 0 Å². The highest BCUT2D eigenvalue weighted by Crippen LogP contribution is 2.44. The third-order valence-corrected chi connectivity index (χ3v) is 4.30. The molecule has 1 N–H and O–H groups in total. The molecule has 0 amide bonds. The Kier molecular flexibility index (Phi) is 1.99. The van der Waals surface area contributed by atoms with Gasteiger partial charge in [0.05, 0.1) is 5.52 Å². The Morgan fingerprint density at radius 2 is 1.88 bits per heavy atom. The predicted molar refractivity (Wildman–Crippen MR) is 69.7 cm³/mol. The van der Waals surface area contributed by atoms with E-state index in [0.717, 1.165) is 18.6 Å². The smallest absolute Gasteiger partial charge is 0.129 e. The van der Waals surface area contributed by atoms with Crippen LogP contribution in [0.1, 0.15) is 29.4 Å². The van der Waals surface area contributed by atoms with E-state index in [4.69, 9.17) is 11.6 Å². The van der Waals surface area contributed by atoms with E-state index in [2.05, 4.69) is 28.5 Å². The van der Waals surface area contributed by atoms with Gasteiger partial charge >= 0.3 is 0 Å². The number of rotatable bonds is 0. The summed E-state index contributed by atoms with van der Waals surface area (Å²) in [5.74, 6) is 1.37. The molecule has 1 aromatic carbocycles. The first-order valence-electron chi connectivity index (χ1n) is 6.12. The zero-order chi connectivity index (χ0) is 11.4. The van der Waals surface area contributed by atoms with Crippen LogP contribution >= 0.6 is 11.6 Å². The van der Waals surface area contributed by atoms with E-state index in [1.54, 1.807) is 0 Å². The van der Waals surface area contributed by atoms with Crippen LogP contribution in [0.2, 0.25) is 5.15 Å². The minimum absolute atomic E-state index is 0.580. The molecule has 2 atom stereocenters. The lowest BCUT2D eigenvalue weighted by atomic mass is 9.98. The molecule has 0 radical (unpaired) electrons. The molecule has 1 aromatic heterocycles. The molecule has 2 nitrogen and oxygen atoms in total. The van der Waals surface area contributed by atoms with Crippen LogP contribution < -0.4 is 5.32 Å². The van der Waals surface area contributed by atoms with Crippen molar-refractivity contribution in [1.82, 2.24) is 10.3 Å². The molecule has 86 valence electrons. The van der Waals surface area contributed by atoms with Crippen molar-refractivity contribution in [3.05, 3.63) is 40.5 Å². The van der Waals surface area contributed by atoms with Crippen molar-refractivity contribution in [1.29, 1.82) is 0 Å². The molecule has 2 heterocycles. The highest BCUT2D eigenvalue weighted by Gasteiger charge is 2.34. The van der Waals surface area contributed by atoms with Gasteiger partial charge in [0.15, 0.2) is 0 Å². The molecular weight excluding hydrogens is 232 g/mol. The van der Waals surface area contributed by atoms with Crippen LogP contribution in [0.5, 0.6) is 0 Å². The van der Waals surface area contributed by atoms with Gasteiger partial charge in [-0.3, -0.25) is 0 Å². The molecule has 17 heavy (non-hydrogen) atoms. The van der Waals surface area contributed by atoms with Crippen molar-refractivity contribution in [2.24, 2.45) is 0 Å². The van der Waals surface area contributed by atoms with E-state index in [1.165, 1.54) is 22.9 Å². The van der Waals surface area contributed by atoms with Crippen molar-refractivity contribution in [2.45, 2.75) is 18.3 Å². The molecule has 2 bridgehead atoms. The molecule has 0 spiro atoms. The lowest BCUT2D eigenvalue weighted by molar-refractivity contribution is 0.454. The summed E-state index contributed by atoms with van der Waals surface area (Å²) >= 11 is 5.96. The monoisotopic (exact) mass is 244 g/mol. The van der Waals surface area contributed by atoms with E-state index in [1.807, 2.05) is 6.07 Å². The van der Waals surface area contributed by atoms with Crippen LogP contribution in [0, 0.1) is 0 Å². The molecule has 2 aliphatic rings. The number of piperidine rings is 1. The molecule has 1 saturated heterocycles. The van der Waals surface area contributed by atoms with Crippen LogP contribution in [-0.4, -0.2) is 18.1 Å². The molecule has 0 saturated carbocycles. The van der Waals surface area contributed by atoms with E-state index in [-0.39, 0.29) is 0 Å². The Labute approximate surface area is 105 Å². The number of pyridine rings is 1. The number of halogens is 1. The molecule has 4 rings (SSSR count). The summed E-state index contributed by atoms with van der Waals surface area (Å²) in [7, 11) is 0. The Balaban J connectivity index is 1.99. The summed E-state index contributed by atoms with van der Waals surface area (Å²) in [5, 5.41) is 5.30. The summed E-state index contributed by atoms with van der Waals surface area (Å²) in [6, 6.07) is 8.50. The van der Waals surface area contributed by atoms with Gasteiger partial charge in [0.2, 0.25) is 0 Å². The lowest BCUT2D eigenvalue weighted by Gasteiger charge is -2.19. The van der Waals surface area contributed by atoms with Gasteiger partial charge in [-0.2, -0.15) is 0 Å². The maximum absolute atomic E-state index is 5.96. The maximum Gasteiger partial charge on any atom is 0.129 e. The zero-order valence-corrected chi connectivity index (χ0v) is 10.2. The second-order valence-corrected chi connectivity index (χ2v) is 5.48. The van der Waals surface area contributed by atoms with E-state index in [0.29, 0.717) is 17.0 Å². The summed E-state index contributed by atoms with van der Waals surface area (Å²) in [5.41, 5.74) is 4.04. The van der Waals surface area contributed by atoms with Crippen molar-refractivity contribution < 1.29 is 0 Å². The van der Waals surface area contributed by atoms with Crippen molar-refractivity contribution in [3.8, 4) is 0 Å². The first-order valence-corrected chi connectivity index (χ1v) is 6.50. The van der Waals surface area contributed by atoms with Gasteiger partial charge in [-0.1, -0.05) is 11.6 Å². The largest absolute Gasteiger partial charge is 0.316 e. The Morgan fingerprint density at radius 1 is 1.12 bits per heavy atom. The molecule has 1 fully saturated rings. The van der Waals surface area contributed by atoms with Crippen LogP contribution in [0.15, 0.2) is 24.3 Å². The average Bonchev–Trinajstić information content (AvgIpc) is 2.59. The van der Waals surface area contributed by atoms with E-state index < -0.39 is 0 Å². The number of nitrogens with zero attached hydrogens (tertiary/aromatic N) is 1.